The van der Waals surface area contributed by atoms with Crippen molar-refractivity contribution >= 4 is 17.4 Å². The molecule has 1 aromatic carbocycles. The van der Waals surface area contributed by atoms with Crippen LogP contribution in [-0.2, 0) is 13.0 Å². The van der Waals surface area contributed by atoms with Crippen molar-refractivity contribution < 1.29 is 4.79 Å². The van der Waals surface area contributed by atoms with Crippen molar-refractivity contribution in [2.45, 2.75) is 32.4 Å². The predicted octanol–water partition coefficient (Wildman–Crippen LogP) is 2.70. The zero-order chi connectivity index (χ0) is 14.5. The van der Waals surface area contributed by atoms with Crippen LogP contribution in [0.25, 0.3) is 0 Å². The molecule has 1 aromatic heterocycles. The summed E-state index contributed by atoms with van der Waals surface area (Å²) >= 11 is 6.06. The Hall–Kier alpha value is -1.65. The molecule has 0 aliphatic rings. The Morgan fingerprint density at radius 3 is 2.75 bits per heavy atom. The van der Waals surface area contributed by atoms with Crippen LogP contribution in [0.5, 0.6) is 0 Å². The van der Waals surface area contributed by atoms with Gasteiger partial charge in [-0.15, -0.1) is 0 Å². The zero-order valence-corrected chi connectivity index (χ0v) is 12.2. The molecule has 1 heterocycles. The molecule has 2 N–H and O–H groups in total. The summed E-state index contributed by atoms with van der Waals surface area (Å²) in [6.45, 7) is 2.68. The highest BCUT2D eigenvalue weighted by Gasteiger charge is 2.23. The van der Waals surface area contributed by atoms with Crippen LogP contribution in [0.2, 0.25) is 5.02 Å². The van der Waals surface area contributed by atoms with Gasteiger partial charge in [-0.2, -0.15) is 5.10 Å². The average molecular weight is 292 g/mol. The van der Waals surface area contributed by atoms with E-state index in [1.165, 1.54) is 6.20 Å². The molecule has 1 atom stereocenters. The van der Waals surface area contributed by atoms with Gasteiger partial charge in [0, 0.05) is 6.54 Å². The summed E-state index contributed by atoms with van der Waals surface area (Å²) in [5.41, 5.74) is 7.47. The Morgan fingerprint density at radius 1 is 1.40 bits per heavy atom. The SMILES string of the molecule is CCCn1ncc(Cl)c1C(=O)C(N)Cc1ccccc1. The van der Waals surface area contributed by atoms with Crippen molar-refractivity contribution in [2.75, 3.05) is 0 Å². The van der Waals surface area contributed by atoms with Gasteiger partial charge in [0.25, 0.3) is 0 Å². The van der Waals surface area contributed by atoms with Crippen LogP contribution in [-0.4, -0.2) is 21.6 Å². The van der Waals surface area contributed by atoms with Gasteiger partial charge in [-0.1, -0.05) is 48.9 Å². The van der Waals surface area contributed by atoms with Gasteiger partial charge < -0.3 is 5.73 Å². The molecule has 0 amide bonds. The van der Waals surface area contributed by atoms with E-state index in [2.05, 4.69) is 5.10 Å². The van der Waals surface area contributed by atoms with Crippen molar-refractivity contribution in [3.05, 3.63) is 52.8 Å². The highest BCUT2D eigenvalue weighted by Crippen LogP contribution is 2.18. The average Bonchev–Trinajstić information content (AvgIpc) is 2.80. The largest absolute Gasteiger partial charge is 0.321 e. The first-order valence-corrected chi connectivity index (χ1v) is 7.06. The first-order valence-electron chi connectivity index (χ1n) is 6.68. The van der Waals surface area contributed by atoms with E-state index in [9.17, 15) is 4.79 Å². The van der Waals surface area contributed by atoms with Crippen LogP contribution in [0.15, 0.2) is 36.5 Å². The molecule has 2 aromatic rings. The smallest absolute Gasteiger partial charge is 0.199 e. The second-order valence-corrected chi connectivity index (χ2v) is 5.13. The normalized spacial score (nSPS) is 12.3. The molecule has 0 saturated heterocycles. The number of Topliss-reactive ketones (excluding diaryl/α,β-unsaturated/α-hetero) is 1. The molecule has 0 fully saturated rings. The Balaban J connectivity index is 2.16. The van der Waals surface area contributed by atoms with Crippen LogP contribution < -0.4 is 5.73 Å². The lowest BCUT2D eigenvalue weighted by molar-refractivity contribution is 0.0950. The highest BCUT2D eigenvalue weighted by atomic mass is 35.5. The number of benzene rings is 1. The molecular formula is C15H18ClN3O. The number of aryl methyl sites for hydroxylation is 1. The van der Waals surface area contributed by atoms with E-state index in [1.54, 1.807) is 4.68 Å². The molecule has 0 bridgehead atoms. The summed E-state index contributed by atoms with van der Waals surface area (Å²) in [4.78, 5) is 12.5. The van der Waals surface area contributed by atoms with Crippen LogP contribution >= 0.6 is 11.6 Å². The lowest BCUT2D eigenvalue weighted by Gasteiger charge is -2.12. The van der Waals surface area contributed by atoms with Crippen molar-refractivity contribution in [1.29, 1.82) is 0 Å². The summed E-state index contributed by atoms with van der Waals surface area (Å²) in [7, 11) is 0. The van der Waals surface area contributed by atoms with E-state index < -0.39 is 6.04 Å². The number of hydrogen-bond donors (Lipinski definition) is 1. The highest BCUT2D eigenvalue weighted by molar-refractivity contribution is 6.33. The van der Waals surface area contributed by atoms with Gasteiger partial charge in [-0.25, -0.2) is 0 Å². The molecule has 1 unspecified atom stereocenters. The number of carbonyl (C=O) groups is 1. The monoisotopic (exact) mass is 291 g/mol. The third kappa shape index (κ3) is 3.26. The lowest BCUT2D eigenvalue weighted by atomic mass is 10.0. The summed E-state index contributed by atoms with van der Waals surface area (Å²) in [6, 6.07) is 9.10. The number of carbonyl (C=O) groups excluding carboxylic acids is 1. The number of hydrogen-bond acceptors (Lipinski definition) is 3. The van der Waals surface area contributed by atoms with E-state index in [1.807, 2.05) is 37.3 Å². The van der Waals surface area contributed by atoms with Crippen LogP contribution in [0.4, 0.5) is 0 Å². The molecule has 0 aliphatic heterocycles. The van der Waals surface area contributed by atoms with E-state index in [4.69, 9.17) is 17.3 Å². The summed E-state index contributed by atoms with van der Waals surface area (Å²) in [5, 5.41) is 4.49. The van der Waals surface area contributed by atoms with Crippen LogP contribution in [0.3, 0.4) is 0 Å². The summed E-state index contributed by atoms with van der Waals surface area (Å²) in [5.74, 6) is -0.162. The van der Waals surface area contributed by atoms with Gasteiger partial charge in [-0.05, 0) is 18.4 Å². The van der Waals surface area contributed by atoms with Crippen LogP contribution in [0.1, 0.15) is 29.4 Å². The maximum Gasteiger partial charge on any atom is 0.199 e. The second-order valence-electron chi connectivity index (χ2n) is 4.72. The van der Waals surface area contributed by atoms with Gasteiger partial charge in [-0.3, -0.25) is 9.48 Å². The number of rotatable bonds is 6. The number of nitrogens with two attached hydrogens (primary N) is 1. The van der Waals surface area contributed by atoms with E-state index >= 15 is 0 Å². The molecule has 0 saturated carbocycles. The zero-order valence-electron chi connectivity index (χ0n) is 11.4. The quantitative estimate of drug-likeness (QED) is 0.833. The molecule has 4 nitrogen and oxygen atoms in total. The lowest BCUT2D eigenvalue weighted by Crippen LogP contribution is -2.34. The third-order valence-electron chi connectivity index (χ3n) is 3.10. The molecule has 0 spiro atoms. The number of aromatic nitrogens is 2. The molecule has 5 heteroatoms. The van der Waals surface area contributed by atoms with Crippen molar-refractivity contribution in [3.63, 3.8) is 0 Å². The minimum absolute atomic E-state index is 0.162. The van der Waals surface area contributed by atoms with Crippen LogP contribution in [0, 0.1) is 0 Å². The second kappa shape index (κ2) is 6.68. The third-order valence-corrected chi connectivity index (χ3v) is 3.38. The van der Waals surface area contributed by atoms with Crippen molar-refractivity contribution in [1.82, 2.24) is 9.78 Å². The molecular weight excluding hydrogens is 274 g/mol. The van der Waals surface area contributed by atoms with E-state index in [0.717, 1.165) is 12.0 Å². The van der Waals surface area contributed by atoms with Gasteiger partial charge in [0.15, 0.2) is 5.78 Å². The first-order chi connectivity index (χ1) is 9.63. The molecule has 0 aliphatic carbocycles. The molecule has 20 heavy (non-hydrogen) atoms. The standard InChI is InChI=1S/C15H18ClN3O/c1-2-8-19-14(12(16)10-18-19)15(20)13(17)9-11-6-4-3-5-7-11/h3-7,10,13H,2,8-9,17H2,1H3. The Bertz CT molecular complexity index is 580. The van der Waals surface area contributed by atoms with Crippen molar-refractivity contribution in [3.8, 4) is 0 Å². The predicted molar refractivity (Wildman–Crippen MR) is 80.0 cm³/mol. The molecule has 0 radical (unpaired) electrons. The fourth-order valence-electron chi connectivity index (χ4n) is 2.13. The minimum Gasteiger partial charge on any atom is -0.321 e. The minimum atomic E-state index is -0.609. The number of nitrogens with zero attached hydrogens (tertiary/aromatic N) is 2. The molecule has 2 rings (SSSR count). The Labute approximate surface area is 123 Å². The summed E-state index contributed by atoms with van der Waals surface area (Å²) in [6.07, 6.45) is 2.87. The Kier molecular flexibility index (Phi) is 4.93. The van der Waals surface area contributed by atoms with Gasteiger partial charge >= 0.3 is 0 Å². The number of ketones is 1. The topological polar surface area (TPSA) is 60.9 Å². The van der Waals surface area contributed by atoms with E-state index in [-0.39, 0.29) is 5.78 Å². The van der Waals surface area contributed by atoms with E-state index in [0.29, 0.717) is 23.7 Å². The van der Waals surface area contributed by atoms with Crippen molar-refractivity contribution in [2.24, 2.45) is 5.73 Å². The Morgan fingerprint density at radius 2 is 2.10 bits per heavy atom. The maximum atomic E-state index is 12.5. The summed E-state index contributed by atoms with van der Waals surface area (Å²) < 4.78 is 1.63. The first kappa shape index (κ1) is 14.8. The van der Waals surface area contributed by atoms with Gasteiger partial charge in [0.05, 0.1) is 17.3 Å². The van der Waals surface area contributed by atoms with Gasteiger partial charge in [0.2, 0.25) is 0 Å². The fraction of sp³-hybridized carbons (Fsp3) is 0.333. The fourth-order valence-corrected chi connectivity index (χ4v) is 2.36. The number of halogens is 1. The molecule has 106 valence electrons. The van der Waals surface area contributed by atoms with Gasteiger partial charge in [0.1, 0.15) is 5.69 Å². The maximum absolute atomic E-state index is 12.5.